The zero-order valence-electron chi connectivity index (χ0n) is 50.7. The first-order valence-corrected chi connectivity index (χ1v) is 31.4. The summed E-state index contributed by atoms with van der Waals surface area (Å²) in [5.41, 5.74) is 3.94. The molecule has 0 radical (unpaired) electrons. The van der Waals surface area contributed by atoms with E-state index in [1.54, 1.807) is 24.3 Å². The molecule has 0 heterocycles. The van der Waals surface area contributed by atoms with Gasteiger partial charge in [-0.25, -0.2) is 9.59 Å². The molecule has 6 rings (SSSR count). The van der Waals surface area contributed by atoms with Crippen molar-refractivity contribution >= 4 is 23.9 Å². The summed E-state index contributed by atoms with van der Waals surface area (Å²) in [7, 11) is 0. The van der Waals surface area contributed by atoms with Crippen LogP contribution in [0.1, 0.15) is 189 Å². The summed E-state index contributed by atoms with van der Waals surface area (Å²) in [5.74, 6) is -7.08. The predicted molar refractivity (Wildman–Crippen MR) is 330 cm³/mol. The number of rotatable bonds is 39. The van der Waals surface area contributed by atoms with Gasteiger partial charge in [-0.05, 0) is 145 Å². The van der Waals surface area contributed by atoms with Gasteiger partial charge in [0.15, 0.2) is 11.8 Å². The lowest BCUT2D eigenvalue weighted by Crippen LogP contribution is -2.33. The summed E-state index contributed by atoms with van der Waals surface area (Å²) < 4.78 is 117. The number of hydrogen-bond donors (Lipinski definition) is 0. The van der Waals surface area contributed by atoms with Crippen LogP contribution >= 0.6 is 0 Å². The second kappa shape index (κ2) is 37.3. The number of unbranched alkanes of at least 4 members (excludes halogenated alkanes) is 19. The lowest BCUT2D eigenvalue weighted by Gasteiger charge is -2.19. The molecule has 0 bridgehead atoms. The van der Waals surface area contributed by atoms with E-state index in [4.69, 9.17) is 28.4 Å². The quantitative estimate of drug-likeness (QED) is 0.0159. The molecular formula is C72H84F6O10. The molecular weight excluding hydrogens is 1140 g/mol. The van der Waals surface area contributed by atoms with Crippen molar-refractivity contribution in [3.8, 4) is 56.8 Å². The number of carbonyl (C=O) groups excluding carboxylic acids is 4. The lowest BCUT2D eigenvalue weighted by atomic mass is 9.98. The molecule has 88 heavy (non-hydrogen) atoms. The van der Waals surface area contributed by atoms with Crippen molar-refractivity contribution in [1.29, 1.82) is 0 Å². The monoisotopic (exact) mass is 1220 g/mol. The van der Waals surface area contributed by atoms with Gasteiger partial charge in [0.25, 0.3) is 0 Å². The first-order valence-electron chi connectivity index (χ1n) is 31.4. The summed E-state index contributed by atoms with van der Waals surface area (Å²) in [6, 6.07) is 39.6. The number of alkyl halides is 6. The van der Waals surface area contributed by atoms with Crippen molar-refractivity contribution in [2.24, 2.45) is 11.8 Å². The topological polar surface area (TPSA) is 124 Å². The van der Waals surface area contributed by atoms with Crippen LogP contribution in [-0.4, -0.2) is 49.4 Å². The molecule has 0 fully saturated rings. The zero-order valence-corrected chi connectivity index (χ0v) is 50.7. The number of halogens is 6. The number of ether oxygens (including phenoxy) is 6. The van der Waals surface area contributed by atoms with Crippen molar-refractivity contribution in [1.82, 2.24) is 0 Å². The van der Waals surface area contributed by atoms with Crippen LogP contribution in [0.25, 0.3) is 22.3 Å². The van der Waals surface area contributed by atoms with Crippen LogP contribution < -0.4 is 28.4 Å². The SMILES string of the molecule is CCCCCCCCOc1ccc(-c2ccc(OC(=O)c3ccc(OC(=O)[C@H](CCCCCCCCCCCC[C@@H](C(=O)Oc4ccc(C(=O)Oc5ccc(-c6ccc(OCCCCCCCC)cc6)cc5)cc4)C(F)(F)F)C(F)(F)F)cc3)cc2)cc1. The smallest absolute Gasteiger partial charge is 0.402 e. The Morgan fingerprint density at radius 3 is 0.830 bits per heavy atom. The molecule has 0 aliphatic heterocycles. The molecule has 6 aromatic carbocycles. The molecule has 0 aliphatic carbocycles. The summed E-state index contributed by atoms with van der Waals surface area (Å²) >= 11 is 0. The van der Waals surface area contributed by atoms with Crippen LogP contribution in [0, 0.1) is 11.8 Å². The highest BCUT2D eigenvalue weighted by atomic mass is 19.4. The minimum Gasteiger partial charge on any atom is -0.494 e. The fourth-order valence-electron chi connectivity index (χ4n) is 10.0. The third-order valence-electron chi connectivity index (χ3n) is 15.3. The fourth-order valence-corrected chi connectivity index (χ4v) is 10.0. The van der Waals surface area contributed by atoms with Crippen LogP contribution in [0.15, 0.2) is 146 Å². The number of hydrogen-bond acceptors (Lipinski definition) is 10. The number of esters is 4. The molecule has 0 saturated carbocycles. The Morgan fingerprint density at radius 1 is 0.307 bits per heavy atom. The highest BCUT2D eigenvalue weighted by molar-refractivity contribution is 5.92. The zero-order chi connectivity index (χ0) is 63.0. The van der Waals surface area contributed by atoms with E-state index in [1.165, 1.54) is 99.9 Å². The maximum atomic E-state index is 14.0. The summed E-state index contributed by atoms with van der Waals surface area (Å²) in [4.78, 5) is 51.3. The Balaban J connectivity index is 0.809. The van der Waals surface area contributed by atoms with Gasteiger partial charge in [0.05, 0.1) is 24.3 Å². The molecule has 6 aromatic rings. The molecule has 474 valence electrons. The molecule has 2 atom stereocenters. The largest absolute Gasteiger partial charge is 0.494 e. The second-order valence-electron chi connectivity index (χ2n) is 22.3. The Labute approximate surface area is 514 Å². The van der Waals surface area contributed by atoms with Crippen LogP contribution in [0.3, 0.4) is 0 Å². The highest BCUT2D eigenvalue weighted by Gasteiger charge is 2.46. The number of benzene rings is 6. The van der Waals surface area contributed by atoms with Crippen LogP contribution in [0.5, 0.6) is 34.5 Å². The van der Waals surface area contributed by atoms with Gasteiger partial charge in [-0.1, -0.05) is 191 Å². The minimum absolute atomic E-state index is 0.104. The average Bonchev–Trinajstić information content (AvgIpc) is 3.72. The summed E-state index contributed by atoms with van der Waals surface area (Å²) in [5, 5.41) is 0. The first kappa shape index (κ1) is 69.5. The molecule has 16 heteroatoms. The standard InChI is InChI=1S/C72H84F6O10/c1-3-5-7-9-19-23-51-83-59-39-27-53(28-40-59)55-31-43-61(44-32-55)85-67(79)57-35-47-63(48-36-57)87-69(81)65(71(73,74)75)25-21-17-15-13-11-12-14-16-18-22-26-66(72(76,77)78)70(82)88-64-49-37-58(38-50-64)68(80)86-62-45-33-56(34-46-62)54-29-41-60(42-30-54)84-52-24-20-10-8-6-4-2/h27-50,65-66H,3-26,51-52H2,1-2H3/t65-,66-/m0/s1. The van der Waals surface area contributed by atoms with Gasteiger partial charge < -0.3 is 28.4 Å². The van der Waals surface area contributed by atoms with Gasteiger partial charge >= 0.3 is 36.2 Å². The van der Waals surface area contributed by atoms with Gasteiger partial charge in [-0.2, -0.15) is 26.3 Å². The van der Waals surface area contributed by atoms with E-state index in [2.05, 4.69) is 13.8 Å². The third-order valence-corrected chi connectivity index (χ3v) is 15.3. The van der Waals surface area contributed by atoms with Crippen molar-refractivity contribution in [3.05, 3.63) is 157 Å². The highest BCUT2D eigenvalue weighted by Crippen LogP contribution is 2.35. The first-order chi connectivity index (χ1) is 42.5. The summed E-state index contributed by atoms with van der Waals surface area (Å²) in [6.45, 7) is 5.74. The van der Waals surface area contributed by atoms with Gasteiger partial charge in [0, 0.05) is 0 Å². The summed E-state index contributed by atoms with van der Waals surface area (Å²) in [6.07, 6.45) is 9.15. The average molecular weight is 1220 g/mol. The second-order valence-corrected chi connectivity index (χ2v) is 22.3. The Hall–Kier alpha value is -7.62. The lowest BCUT2D eigenvalue weighted by molar-refractivity contribution is -0.194. The van der Waals surface area contributed by atoms with E-state index in [0.29, 0.717) is 38.9 Å². The molecule has 10 nitrogen and oxygen atoms in total. The van der Waals surface area contributed by atoms with E-state index in [9.17, 15) is 45.5 Å². The Kier molecular flexibility index (Phi) is 29.4. The van der Waals surface area contributed by atoms with E-state index >= 15 is 0 Å². The van der Waals surface area contributed by atoms with Crippen molar-refractivity contribution in [2.75, 3.05) is 13.2 Å². The van der Waals surface area contributed by atoms with Crippen molar-refractivity contribution in [3.63, 3.8) is 0 Å². The van der Waals surface area contributed by atoms with Gasteiger partial charge in [-0.3, -0.25) is 9.59 Å². The van der Waals surface area contributed by atoms with Crippen molar-refractivity contribution < 1.29 is 73.9 Å². The molecule has 0 aromatic heterocycles. The number of carbonyl (C=O) groups is 4. The predicted octanol–water partition coefficient (Wildman–Crippen LogP) is 20.5. The van der Waals surface area contributed by atoms with E-state index in [-0.39, 0.29) is 47.0 Å². The van der Waals surface area contributed by atoms with E-state index in [0.717, 1.165) is 85.1 Å². The molecule has 0 unspecified atom stereocenters. The van der Waals surface area contributed by atoms with E-state index in [1.807, 2.05) is 72.8 Å². The van der Waals surface area contributed by atoms with Crippen LogP contribution in [0.4, 0.5) is 26.3 Å². The maximum absolute atomic E-state index is 14.0. The normalized spacial score (nSPS) is 12.2. The van der Waals surface area contributed by atoms with Crippen LogP contribution in [-0.2, 0) is 9.59 Å². The molecule has 0 aliphatic rings. The maximum Gasteiger partial charge on any atom is 0.402 e. The molecule has 0 saturated heterocycles. The van der Waals surface area contributed by atoms with Gasteiger partial charge in [-0.15, -0.1) is 0 Å². The van der Waals surface area contributed by atoms with Gasteiger partial charge in [0.1, 0.15) is 34.5 Å². The third kappa shape index (κ3) is 24.9. The molecule has 0 spiro atoms. The van der Waals surface area contributed by atoms with E-state index < -0.39 is 60.9 Å². The van der Waals surface area contributed by atoms with Crippen molar-refractivity contribution in [2.45, 2.75) is 180 Å². The van der Waals surface area contributed by atoms with Gasteiger partial charge in [0.2, 0.25) is 0 Å². The minimum atomic E-state index is -4.83. The molecule has 0 N–H and O–H groups in total. The fraction of sp³-hybridized carbons (Fsp3) is 0.444. The molecule has 0 amide bonds. The Bertz CT molecular complexity index is 2780. The Morgan fingerprint density at radius 2 is 0.545 bits per heavy atom. The van der Waals surface area contributed by atoms with Crippen LogP contribution in [0.2, 0.25) is 0 Å².